The fourth-order valence-corrected chi connectivity index (χ4v) is 0.286. The zero-order chi connectivity index (χ0) is 5.28. The summed E-state index contributed by atoms with van der Waals surface area (Å²) in [6, 6.07) is 0. The van der Waals surface area contributed by atoms with Crippen LogP contribution in [-0.2, 0) is 0 Å². The molecule has 7 heavy (non-hydrogen) atoms. The van der Waals surface area contributed by atoms with E-state index < -0.39 is 0 Å². The average molecular weight is 100 g/mol. The van der Waals surface area contributed by atoms with E-state index in [4.69, 9.17) is 11.6 Å². The Bertz CT molecular complexity index is 88.1. The molecule has 5 N–H and O–H groups in total. The van der Waals surface area contributed by atoms with E-state index in [9.17, 15) is 0 Å². The van der Waals surface area contributed by atoms with E-state index >= 15 is 0 Å². The molecule has 1 radical (unpaired) electrons. The van der Waals surface area contributed by atoms with Gasteiger partial charge >= 0.3 is 0 Å². The van der Waals surface area contributed by atoms with E-state index in [-0.39, 0.29) is 6.29 Å². The molecule has 0 spiro atoms. The molecule has 5 heteroatoms. The lowest BCUT2D eigenvalue weighted by Crippen LogP contribution is -2.43. The maximum absolute atomic E-state index is 5.14. The molecule has 0 saturated heterocycles. The zero-order valence-electron chi connectivity index (χ0n) is 3.63. The first-order valence-corrected chi connectivity index (χ1v) is 1.76. The van der Waals surface area contributed by atoms with Crippen molar-refractivity contribution in [3.8, 4) is 0 Å². The monoisotopic (exact) mass is 100 g/mol. The average Bonchev–Trinajstić information content (AvgIpc) is 1.91. The second-order valence-corrected chi connectivity index (χ2v) is 1.12. The number of nitrogens with zero attached hydrogens (tertiary/aromatic N) is 2. The van der Waals surface area contributed by atoms with Gasteiger partial charge in [-0.05, 0) is 0 Å². The third kappa shape index (κ3) is 0.687. The first kappa shape index (κ1) is 4.51. The van der Waals surface area contributed by atoms with E-state index in [1.165, 1.54) is 6.34 Å². The third-order valence-corrected chi connectivity index (χ3v) is 0.640. The predicted molar refractivity (Wildman–Crippen MR) is 25.1 cm³/mol. The zero-order valence-corrected chi connectivity index (χ0v) is 3.63. The molecule has 0 aromatic heterocycles. The molecule has 39 valence electrons. The van der Waals surface area contributed by atoms with Crippen molar-refractivity contribution >= 4 is 6.34 Å². The van der Waals surface area contributed by atoms with Crippen LogP contribution in [0.3, 0.4) is 0 Å². The molecule has 0 unspecified atom stereocenters. The van der Waals surface area contributed by atoms with E-state index in [0.717, 1.165) is 5.12 Å². The molecule has 5 nitrogen and oxygen atoms in total. The maximum Gasteiger partial charge on any atom is 0.252 e. The number of nitrogens with two attached hydrogens (primary N) is 2. The third-order valence-electron chi connectivity index (χ3n) is 0.640. The molecular weight excluding hydrogens is 94.1 g/mol. The Hall–Kier alpha value is -0.650. The number of hydrazine groups is 2. The first-order chi connectivity index (χ1) is 3.30. The molecule has 1 aliphatic heterocycles. The molecule has 0 fully saturated rings. The molecule has 0 aliphatic carbocycles. The molecule has 0 amide bonds. The van der Waals surface area contributed by atoms with E-state index in [0.29, 0.717) is 0 Å². The van der Waals surface area contributed by atoms with Crippen molar-refractivity contribution in [2.45, 2.75) is 0 Å². The van der Waals surface area contributed by atoms with Gasteiger partial charge in [-0.1, -0.05) is 0 Å². The summed E-state index contributed by atoms with van der Waals surface area (Å²) in [4.78, 5) is 3.58. The van der Waals surface area contributed by atoms with Crippen molar-refractivity contribution in [2.75, 3.05) is 0 Å². The number of hydrogen-bond donors (Lipinski definition) is 3. The fraction of sp³-hybridized carbons (Fsp3) is 0. The van der Waals surface area contributed by atoms with Gasteiger partial charge in [0, 0.05) is 0 Å². The van der Waals surface area contributed by atoms with Gasteiger partial charge in [-0.25, -0.2) is 10.8 Å². The highest BCUT2D eigenvalue weighted by atomic mass is 15.7. The van der Waals surface area contributed by atoms with Crippen molar-refractivity contribution in [2.24, 2.45) is 16.6 Å². The smallest absolute Gasteiger partial charge is 0.252 e. The second-order valence-electron chi connectivity index (χ2n) is 1.12. The van der Waals surface area contributed by atoms with Gasteiger partial charge < -0.3 is 0 Å². The van der Waals surface area contributed by atoms with Gasteiger partial charge in [-0.3, -0.25) is 11.2 Å². The lowest BCUT2D eigenvalue weighted by Gasteiger charge is -2.08. The number of hydrogen-bond acceptors (Lipinski definition) is 5. The summed E-state index contributed by atoms with van der Waals surface area (Å²) >= 11 is 0. The largest absolute Gasteiger partial charge is 0.292 e. The van der Waals surface area contributed by atoms with E-state index in [2.05, 4.69) is 10.4 Å². The fourth-order valence-electron chi connectivity index (χ4n) is 0.286. The summed E-state index contributed by atoms with van der Waals surface area (Å²) in [5.41, 5.74) is 7.66. The Morgan fingerprint density at radius 1 is 1.86 bits per heavy atom. The lowest BCUT2D eigenvalue weighted by atomic mass is 10.9. The van der Waals surface area contributed by atoms with Crippen LogP contribution in [0.15, 0.2) is 4.99 Å². The molecule has 0 atom stereocenters. The standard InChI is InChI=1S/C2H6N5/c3-2-5-1-6-7(2)4/h1H,3-4H2,(H,5,6). The summed E-state index contributed by atoms with van der Waals surface area (Å²) in [6.07, 6.45) is 1.69. The van der Waals surface area contributed by atoms with Crippen molar-refractivity contribution in [3.05, 3.63) is 6.29 Å². The molecule has 0 aromatic carbocycles. The summed E-state index contributed by atoms with van der Waals surface area (Å²) in [7, 11) is 0. The highest BCUT2D eigenvalue weighted by molar-refractivity contribution is 5.56. The Morgan fingerprint density at radius 2 is 2.57 bits per heavy atom. The summed E-state index contributed by atoms with van der Waals surface area (Å²) in [6.45, 7) is 0. The Labute approximate surface area is 40.9 Å². The van der Waals surface area contributed by atoms with Crippen molar-refractivity contribution in [1.82, 2.24) is 10.5 Å². The number of aliphatic imine (C=N–C) groups is 1. The molecule has 0 aromatic rings. The highest BCUT2D eigenvalue weighted by Gasteiger charge is 2.11. The van der Waals surface area contributed by atoms with Crippen molar-refractivity contribution in [1.29, 1.82) is 0 Å². The van der Waals surface area contributed by atoms with Crippen molar-refractivity contribution in [3.63, 3.8) is 0 Å². The molecule has 1 rings (SSSR count). The van der Waals surface area contributed by atoms with Crippen LogP contribution in [0.25, 0.3) is 0 Å². The second kappa shape index (κ2) is 1.45. The summed E-state index contributed by atoms with van der Waals surface area (Å²) < 4.78 is 0. The maximum atomic E-state index is 5.14. The van der Waals surface area contributed by atoms with Crippen LogP contribution in [0.4, 0.5) is 0 Å². The molecule has 1 aliphatic rings. The van der Waals surface area contributed by atoms with Gasteiger partial charge in [-0.2, -0.15) is 0 Å². The van der Waals surface area contributed by atoms with Crippen LogP contribution < -0.4 is 17.0 Å². The summed E-state index contributed by atoms with van der Waals surface area (Å²) in [5, 5.41) is 1.12. The molecule has 1 heterocycles. The minimum atomic E-state index is 0.278. The molecule has 0 bridgehead atoms. The minimum Gasteiger partial charge on any atom is -0.292 e. The van der Waals surface area contributed by atoms with Crippen LogP contribution in [0.2, 0.25) is 0 Å². The predicted octanol–water partition coefficient (Wildman–Crippen LogP) is -1.89. The Balaban J connectivity index is 2.45. The first-order valence-electron chi connectivity index (χ1n) is 1.76. The molecule has 0 saturated carbocycles. The quantitative estimate of drug-likeness (QED) is 0.311. The normalized spacial score (nSPS) is 23.1. The van der Waals surface area contributed by atoms with Crippen LogP contribution in [0, 0.1) is 6.29 Å². The van der Waals surface area contributed by atoms with Crippen molar-refractivity contribution < 1.29 is 0 Å². The van der Waals surface area contributed by atoms with Gasteiger partial charge in [0.25, 0.3) is 6.29 Å². The van der Waals surface area contributed by atoms with E-state index in [1.54, 1.807) is 0 Å². The van der Waals surface area contributed by atoms with E-state index in [1.807, 2.05) is 0 Å². The Morgan fingerprint density at radius 3 is 2.71 bits per heavy atom. The highest BCUT2D eigenvalue weighted by Crippen LogP contribution is 1.94. The van der Waals surface area contributed by atoms with Crippen LogP contribution in [0.1, 0.15) is 0 Å². The molecular formula is C2H6N5. The van der Waals surface area contributed by atoms with Crippen LogP contribution >= 0.6 is 0 Å². The topological polar surface area (TPSA) is 79.7 Å². The summed E-state index contributed by atoms with van der Waals surface area (Å²) in [5.74, 6) is 5.11. The minimum absolute atomic E-state index is 0.278. The van der Waals surface area contributed by atoms with Gasteiger partial charge in [0.1, 0.15) is 6.34 Å². The van der Waals surface area contributed by atoms with Gasteiger partial charge in [0.05, 0.1) is 0 Å². The number of nitrogens with one attached hydrogen (secondary N) is 1. The van der Waals surface area contributed by atoms with Gasteiger partial charge in [-0.15, -0.1) is 5.12 Å². The van der Waals surface area contributed by atoms with Crippen LogP contribution in [-0.4, -0.2) is 11.5 Å². The Kier molecular flexibility index (Phi) is 0.935. The van der Waals surface area contributed by atoms with Crippen LogP contribution in [0.5, 0.6) is 0 Å². The SMILES string of the molecule is N[C]1N=CNN1N. The number of rotatable bonds is 0. The van der Waals surface area contributed by atoms with Gasteiger partial charge in [0.2, 0.25) is 0 Å². The van der Waals surface area contributed by atoms with Gasteiger partial charge in [0.15, 0.2) is 0 Å². The lowest BCUT2D eigenvalue weighted by molar-refractivity contribution is 0.276.